The van der Waals surface area contributed by atoms with Gasteiger partial charge in [0, 0.05) is 6.42 Å². The molecule has 94 valence electrons. The molecule has 0 aliphatic heterocycles. The second-order valence-corrected chi connectivity index (χ2v) is 4.99. The van der Waals surface area contributed by atoms with E-state index in [-0.39, 0.29) is 18.1 Å². The summed E-state index contributed by atoms with van der Waals surface area (Å²) in [6, 6.07) is 9.75. The highest BCUT2D eigenvalue weighted by molar-refractivity contribution is 8.13. The molecule has 1 aromatic rings. The van der Waals surface area contributed by atoms with E-state index in [1.54, 1.807) is 0 Å². The van der Waals surface area contributed by atoms with E-state index in [2.05, 4.69) is 0 Å². The molecule has 1 N–H and O–H groups in total. The molecule has 1 rings (SSSR count). The number of carbonyl (C=O) groups is 1. The van der Waals surface area contributed by atoms with Crippen LogP contribution in [-0.4, -0.2) is 28.7 Å². The lowest BCUT2D eigenvalue weighted by molar-refractivity contribution is -0.113. The van der Waals surface area contributed by atoms with Gasteiger partial charge in [-0.2, -0.15) is 0 Å². The van der Waals surface area contributed by atoms with Gasteiger partial charge in [0.2, 0.25) is 0 Å². The Labute approximate surface area is 106 Å². The summed E-state index contributed by atoms with van der Waals surface area (Å²) in [6.45, 7) is 2.58. The van der Waals surface area contributed by atoms with Gasteiger partial charge < -0.3 is 9.84 Å². The third-order valence-electron chi connectivity index (χ3n) is 2.13. The summed E-state index contributed by atoms with van der Waals surface area (Å²) in [6.07, 6.45) is -0.543. The molecule has 0 heterocycles. The molecule has 3 nitrogen and oxygen atoms in total. The fourth-order valence-electron chi connectivity index (χ4n) is 1.36. The zero-order valence-corrected chi connectivity index (χ0v) is 10.8. The van der Waals surface area contributed by atoms with E-state index in [0.29, 0.717) is 6.61 Å². The van der Waals surface area contributed by atoms with Crippen LogP contribution in [0.15, 0.2) is 30.3 Å². The predicted molar refractivity (Wildman–Crippen MR) is 69.9 cm³/mol. The van der Waals surface area contributed by atoms with E-state index >= 15 is 0 Å². The minimum absolute atomic E-state index is 0.0170. The number of hydrogen-bond acceptors (Lipinski definition) is 4. The largest absolute Gasteiger partial charge is 0.390 e. The van der Waals surface area contributed by atoms with Gasteiger partial charge in [-0.25, -0.2) is 0 Å². The Kier molecular flexibility index (Phi) is 6.93. The van der Waals surface area contributed by atoms with Crippen LogP contribution < -0.4 is 0 Å². The first-order chi connectivity index (χ1) is 8.22. The highest BCUT2D eigenvalue weighted by atomic mass is 32.2. The maximum absolute atomic E-state index is 11.2. The molecule has 0 radical (unpaired) electrons. The van der Waals surface area contributed by atoms with Gasteiger partial charge in [0.25, 0.3) is 0 Å². The van der Waals surface area contributed by atoms with Crippen molar-refractivity contribution in [2.24, 2.45) is 0 Å². The van der Waals surface area contributed by atoms with E-state index in [4.69, 9.17) is 4.74 Å². The molecule has 1 atom stereocenters. The van der Waals surface area contributed by atoms with Gasteiger partial charge in [-0.1, -0.05) is 49.0 Å². The fraction of sp³-hybridized carbons (Fsp3) is 0.462. The molecule has 0 amide bonds. The zero-order chi connectivity index (χ0) is 12.5. The molecular weight excluding hydrogens is 236 g/mol. The molecule has 0 aromatic heterocycles. The van der Waals surface area contributed by atoms with Crippen LogP contribution in [0.2, 0.25) is 0 Å². The lowest BCUT2D eigenvalue weighted by Crippen LogP contribution is -2.18. The summed E-state index contributed by atoms with van der Waals surface area (Å²) in [5.41, 5.74) is 1.06. The number of ether oxygens (including phenoxy) is 1. The third kappa shape index (κ3) is 6.46. The average Bonchev–Trinajstić information content (AvgIpc) is 2.30. The first-order valence-corrected chi connectivity index (χ1v) is 6.66. The van der Waals surface area contributed by atoms with Gasteiger partial charge in [0.1, 0.15) is 0 Å². The Morgan fingerprint density at radius 2 is 2.12 bits per heavy atom. The Bertz CT molecular complexity index is 327. The molecule has 17 heavy (non-hydrogen) atoms. The molecule has 0 unspecified atom stereocenters. The minimum atomic E-state index is -0.703. The number of hydrogen-bond donors (Lipinski definition) is 1. The normalized spacial score (nSPS) is 12.4. The summed E-state index contributed by atoms with van der Waals surface area (Å²) >= 11 is 1.23. The van der Waals surface area contributed by atoms with Crippen molar-refractivity contribution in [2.75, 3.05) is 12.4 Å². The summed E-state index contributed by atoms with van der Waals surface area (Å²) < 4.78 is 5.35. The molecule has 0 saturated heterocycles. The van der Waals surface area contributed by atoms with Gasteiger partial charge in [0.15, 0.2) is 5.12 Å². The molecular formula is C13H18O3S. The monoisotopic (exact) mass is 254 g/mol. The second-order valence-electron chi connectivity index (χ2n) is 3.66. The molecule has 0 spiro atoms. The van der Waals surface area contributed by atoms with Gasteiger partial charge in [0.05, 0.1) is 19.3 Å². The van der Waals surface area contributed by atoms with Crippen molar-refractivity contribution in [3.05, 3.63) is 35.9 Å². The SMILES string of the molecule is CCSC(=O)C[C@H](O)COCc1ccccc1. The fourth-order valence-corrected chi connectivity index (χ4v) is 1.99. The lowest BCUT2D eigenvalue weighted by Gasteiger charge is -2.10. The minimum Gasteiger partial charge on any atom is -0.390 e. The zero-order valence-electron chi connectivity index (χ0n) is 9.96. The first kappa shape index (κ1) is 14.2. The number of rotatable bonds is 7. The quantitative estimate of drug-likeness (QED) is 0.810. The van der Waals surface area contributed by atoms with Crippen LogP contribution in [0.25, 0.3) is 0 Å². The van der Waals surface area contributed by atoms with Crippen molar-refractivity contribution >= 4 is 16.9 Å². The van der Waals surface area contributed by atoms with E-state index < -0.39 is 6.10 Å². The van der Waals surface area contributed by atoms with Crippen LogP contribution in [-0.2, 0) is 16.1 Å². The lowest BCUT2D eigenvalue weighted by atomic mass is 10.2. The van der Waals surface area contributed by atoms with E-state index in [1.165, 1.54) is 11.8 Å². The number of aliphatic hydroxyl groups excluding tert-OH is 1. The Morgan fingerprint density at radius 1 is 1.41 bits per heavy atom. The van der Waals surface area contributed by atoms with Crippen LogP contribution in [0, 0.1) is 0 Å². The first-order valence-electron chi connectivity index (χ1n) is 5.67. The predicted octanol–water partition coefficient (Wildman–Crippen LogP) is 2.23. The van der Waals surface area contributed by atoms with Crippen LogP contribution in [0.4, 0.5) is 0 Å². The Morgan fingerprint density at radius 3 is 2.76 bits per heavy atom. The van der Waals surface area contributed by atoms with Crippen molar-refractivity contribution in [1.29, 1.82) is 0 Å². The maximum Gasteiger partial charge on any atom is 0.191 e. The van der Waals surface area contributed by atoms with Crippen molar-refractivity contribution in [3.63, 3.8) is 0 Å². The highest BCUT2D eigenvalue weighted by Crippen LogP contribution is 2.08. The molecule has 0 fully saturated rings. The van der Waals surface area contributed by atoms with Crippen molar-refractivity contribution in [3.8, 4) is 0 Å². The summed E-state index contributed by atoms with van der Waals surface area (Å²) in [4.78, 5) is 11.2. The van der Waals surface area contributed by atoms with Gasteiger partial charge in [-0.05, 0) is 11.3 Å². The van der Waals surface area contributed by atoms with Crippen LogP contribution >= 0.6 is 11.8 Å². The summed E-state index contributed by atoms with van der Waals surface area (Å²) in [7, 11) is 0. The van der Waals surface area contributed by atoms with Crippen LogP contribution in [0.3, 0.4) is 0 Å². The number of carbonyl (C=O) groups excluding carboxylic acids is 1. The Hall–Kier alpha value is -0.840. The molecule has 0 aliphatic rings. The van der Waals surface area contributed by atoms with Gasteiger partial charge in [-0.3, -0.25) is 4.79 Å². The van der Waals surface area contributed by atoms with Gasteiger partial charge in [-0.15, -0.1) is 0 Å². The summed E-state index contributed by atoms with van der Waals surface area (Å²) in [5.74, 6) is 0.746. The van der Waals surface area contributed by atoms with E-state index in [1.807, 2.05) is 37.3 Å². The van der Waals surface area contributed by atoms with Crippen molar-refractivity contribution in [2.45, 2.75) is 26.1 Å². The number of aliphatic hydroxyl groups is 1. The van der Waals surface area contributed by atoms with Gasteiger partial charge >= 0.3 is 0 Å². The molecule has 1 aromatic carbocycles. The second kappa shape index (κ2) is 8.28. The molecule has 4 heteroatoms. The van der Waals surface area contributed by atoms with Crippen LogP contribution in [0.1, 0.15) is 18.9 Å². The number of benzene rings is 1. The third-order valence-corrected chi connectivity index (χ3v) is 2.91. The topological polar surface area (TPSA) is 46.5 Å². The average molecular weight is 254 g/mol. The maximum atomic E-state index is 11.2. The Balaban J connectivity index is 2.16. The highest BCUT2D eigenvalue weighted by Gasteiger charge is 2.10. The smallest absolute Gasteiger partial charge is 0.191 e. The van der Waals surface area contributed by atoms with E-state index in [9.17, 15) is 9.90 Å². The molecule has 0 saturated carbocycles. The van der Waals surface area contributed by atoms with Crippen molar-refractivity contribution in [1.82, 2.24) is 0 Å². The number of thioether (sulfide) groups is 1. The molecule has 0 bridgehead atoms. The van der Waals surface area contributed by atoms with Crippen LogP contribution in [0.5, 0.6) is 0 Å². The summed E-state index contributed by atoms with van der Waals surface area (Å²) in [5, 5.41) is 9.58. The standard InChI is InChI=1S/C13H18O3S/c1-2-17-13(15)8-12(14)10-16-9-11-6-4-3-5-7-11/h3-7,12,14H,2,8-10H2,1H3/t12-/m0/s1. The van der Waals surface area contributed by atoms with E-state index in [0.717, 1.165) is 11.3 Å². The molecule has 0 aliphatic carbocycles. The van der Waals surface area contributed by atoms with Crippen molar-refractivity contribution < 1.29 is 14.6 Å².